The zero-order chi connectivity index (χ0) is 15.3. The van der Waals surface area contributed by atoms with Crippen LogP contribution in [0.5, 0.6) is 5.75 Å². The first-order valence-corrected chi connectivity index (χ1v) is 8.49. The van der Waals surface area contributed by atoms with Crippen molar-refractivity contribution in [2.24, 2.45) is 5.92 Å². The molecule has 0 saturated heterocycles. The van der Waals surface area contributed by atoms with Gasteiger partial charge >= 0.3 is 0 Å². The molecule has 1 rings (SSSR count). The molecule has 1 aromatic rings. The number of alkyl halides is 1. The summed E-state index contributed by atoms with van der Waals surface area (Å²) in [6.45, 7) is 4.64. The molecule has 0 unspecified atom stereocenters. The van der Waals surface area contributed by atoms with Crippen LogP contribution in [-0.2, 0) is 15.9 Å². The maximum atomic E-state index is 12.5. The maximum Gasteiger partial charge on any atom is 0.242 e. The summed E-state index contributed by atoms with van der Waals surface area (Å²) >= 11 is 5.83. The van der Waals surface area contributed by atoms with Crippen molar-refractivity contribution in [1.82, 2.24) is 4.31 Å². The molecule has 0 bridgehead atoms. The van der Waals surface area contributed by atoms with Gasteiger partial charge in [0.2, 0.25) is 10.0 Å². The molecule has 1 aromatic carbocycles. The van der Waals surface area contributed by atoms with Gasteiger partial charge in [-0.05, 0) is 30.5 Å². The average Bonchev–Trinajstić information content (AvgIpc) is 2.43. The molecule has 0 radical (unpaired) electrons. The minimum Gasteiger partial charge on any atom is -0.496 e. The summed E-state index contributed by atoms with van der Waals surface area (Å²) in [4.78, 5) is 0.250. The van der Waals surface area contributed by atoms with Crippen LogP contribution in [0.15, 0.2) is 23.1 Å². The van der Waals surface area contributed by atoms with E-state index in [0.29, 0.717) is 23.8 Å². The van der Waals surface area contributed by atoms with Crippen LogP contribution in [0.3, 0.4) is 0 Å². The lowest BCUT2D eigenvalue weighted by Crippen LogP contribution is -2.28. The van der Waals surface area contributed by atoms with Crippen molar-refractivity contribution in [2.75, 3.05) is 20.7 Å². The number of ether oxygens (including phenoxy) is 1. The van der Waals surface area contributed by atoms with Gasteiger partial charge in [0.15, 0.2) is 0 Å². The van der Waals surface area contributed by atoms with Crippen molar-refractivity contribution in [1.29, 1.82) is 0 Å². The molecule has 0 saturated carbocycles. The van der Waals surface area contributed by atoms with Crippen LogP contribution in [0.25, 0.3) is 0 Å². The molecule has 0 amide bonds. The van der Waals surface area contributed by atoms with Crippen molar-refractivity contribution in [2.45, 2.75) is 31.0 Å². The van der Waals surface area contributed by atoms with E-state index in [1.165, 1.54) is 11.4 Å². The topological polar surface area (TPSA) is 46.6 Å². The third kappa shape index (κ3) is 4.11. The van der Waals surface area contributed by atoms with E-state index in [1.807, 2.05) is 0 Å². The van der Waals surface area contributed by atoms with Crippen LogP contribution in [0.1, 0.15) is 25.8 Å². The van der Waals surface area contributed by atoms with E-state index < -0.39 is 10.0 Å². The fraction of sp³-hybridized carbons (Fsp3) is 0.571. The summed E-state index contributed by atoms with van der Waals surface area (Å²) in [7, 11) is -0.338. The van der Waals surface area contributed by atoms with Crippen molar-refractivity contribution in [3.8, 4) is 5.75 Å². The molecule has 6 heteroatoms. The van der Waals surface area contributed by atoms with E-state index in [0.717, 1.165) is 6.42 Å². The molecule has 0 aliphatic rings. The number of methoxy groups -OCH3 is 1. The summed E-state index contributed by atoms with van der Waals surface area (Å²) in [5, 5.41) is 0. The Labute approximate surface area is 126 Å². The standard InChI is InChI=1S/C14H22ClNO3S/c1-11(2)7-8-16(3)20(17,18)13-5-6-14(19-4)12(9-13)10-15/h5-6,9,11H,7-8,10H2,1-4H3. The lowest BCUT2D eigenvalue weighted by molar-refractivity contribution is 0.410. The quantitative estimate of drug-likeness (QED) is 0.725. The molecule has 0 fully saturated rings. The zero-order valence-electron chi connectivity index (χ0n) is 12.4. The van der Waals surface area contributed by atoms with Gasteiger partial charge in [-0.2, -0.15) is 0 Å². The number of hydrogen-bond donors (Lipinski definition) is 0. The lowest BCUT2D eigenvalue weighted by Gasteiger charge is -2.19. The van der Waals surface area contributed by atoms with E-state index in [2.05, 4.69) is 13.8 Å². The molecule has 114 valence electrons. The van der Waals surface area contributed by atoms with Gasteiger partial charge in [0, 0.05) is 19.2 Å². The molecule has 4 nitrogen and oxygen atoms in total. The molecular formula is C14H22ClNO3S. The SMILES string of the molecule is COc1ccc(S(=O)(=O)N(C)CCC(C)C)cc1CCl. The normalized spacial score (nSPS) is 12.2. The largest absolute Gasteiger partial charge is 0.496 e. The minimum atomic E-state index is -3.47. The summed E-state index contributed by atoms with van der Waals surface area (Å²) in [6.07, 6.45) is 0.828. The lowest BCUT2D eigenvalue weighted by atomic mass is 10.1. The van der Waals surface area contributed by atoms with Crippen LogP contribution in [0, 0.1) is 5.92 Å². The minimum absolute atomic E-state index is 0.211. The van der Waals surface area contributed by atoms with Gasteiger partial charge in [-0.15, -0.1) is 11.6 Å². The Bertz CT molecular complexity index is 543. The first kappa shape index (κ1) is 17.3. The summed E-state index contributed by atoms with van der Waals surface area (Å²) in [6, 6.07) is 4.77. The number of nitrogens with zero attached hydrogens (tertiary/aromatic N) is 1. The predicted molar refractivity (Wildman–Crippen MR) is 81.8 cm³/mol. The number of sulfonamides is 1. The van der Waals surface area contributed by atoms with Gasteiger partial charge in [0.1, 0.15) is 5.75 Å². The average molecular weight is 320 g/mol. The van der Waals surface area contributed by atoms with Crippen LogP contribution < -0.4 is 4.74 Å². The first-order chi connectivity index (χ1) is 9.32. The molecule has 0 N–H and O–H groups in total. The molecule has 0 atom stereocenters. The molecule has 0 aliphatic carbocycles. The van der Waals surface area contributed by atoms with Crippen LogP contribution >= 0.6 is 11.6 Å². The second-order valence-corrected chi connectivity index (χ2v) is 7.43. The highest BCUT2D eigenvalue weighted by Gasteiger charge is 2.21. The van der Waals surface area contributed by atoms with Crippen LogP contribution in [-0.4, -0.2) is 33.4 Å². The second-order valence-electron chi connectivity index (χ2n) is 5.12. The second kappa shape index (κ2) is 7.29. The monoisotopic (exact) mass is 319 g/mol. The Kier molecular flexibility index (Phi) is 6.30. The Morgan fingerprint density at radius 2 is 2.00 bits per heavy atom. The highest BCUT2D eigenvalue weighted by molar-refractivity contribution is 7.89. The number of benzene rings is 1. The zero-order valence-corrected chi connectivity index (χ0v) is 14.0. The van der Waals surface area contributed by atoms with Crippen LogP contribution in [0.4, 0.5) is 0 Å². The van der Waals surface area contributed by atoms with Gasteiger partial charge in [-0.25, -0.2) is 12.7 Å². The Morgan fingerprint density at radius 3 is 2.50 bits per heavy atom. The molecule has 0 aromatic heterocycles. The Morgan fingerprint density at radius 1 is 1.35 bits per heavy atom. The number of hydrogen-bond acceptors (Lipinski definition) is 3. The van der Waals surface area contributed by atoms with Crippen molar-refractivity contribution >= 4 is 21.6 Å². The summed E-state index contributed by atoms with van der Waals surface area (Å²) < 4.78 is 31.4. The first-order valence-electron chi connectivity index (χ1n) is 6.52. The third-order valence-electron chi connectivity index (χ3n) is 3.13. The molecule has 0 spiro atoms. The van der Waals surface area contributed by atoms with Gasteiger partial charge in [0.25, 0.3) is 0 Å². The van der Waals surface area contributed by atoms with Crippen LogP contribution in [0.2, 0.25) is 0 Å². The van der Waals surface area contributed by atoms with Gasteiger partial charge in [-0.3, -0.25) is 0 Å². The number of rotatable bonds is 7. The van der Waals surface area contributed by atoms with E-state index in [9.17, 15) is 8.42 Å². The predicted octanol–water partition coefficient (Wildman–Crippen LogP) is 3.10. The van der Waals surface area contributed by atoms with Gasteiger partial charge in [0.05, 0.1) is 17.9 Å². The molecule has 20 heavy (non-hydrogen) atoms. The number of halogens is 1. The van der Waals surface area contributed by atoms with Gasteiger partial charge < -0.3 is 4.74 Å². The van der Waals surface area contributed by atoms with Crippen molar-refractivity contribution in [3.63, 3.8) is 0 Å². The van der Waals surface area contributed by atoms with E-state index in [-0.39, 0.29) is 10.8 Å². The maximum absolute atomic E-state index is 12.5. The fourth-order valence-corrected chi connectivity index (χ4v) is 3.21. The smallest absolute Gasteiger partial charge is 0.242 e. The fourth-order valence-electron chi connectivity index (χ4n) is 1.76. The summed E-state index contributed by atoms with van der Waals surface area (Å²) in [5.74, 6) is 1.27. The third-order valence-corrected chi connectivity index (χ3v) is 5.27. The van der Waals surface area contributed by atoms with E-state index >= 15 is 0 Å². The highest BCUT2D eigenvalue weighted by Crippen LogP contribution is 2.25. The highest BCUT2D eigenvalue weighted by atomic mass is 35.5. The van der Waals surface area contributed by atoms with Crippen molar-refractivity contribution < 1.29 is 13.2 Å². The molecule has 0 heterocycles. The Hall–Kier alpha value is -0.780. The van der Waals surface area contributed by atoms with E-state index in [1.54, 1.807) is 25.2 Å². The Balaban J connectivity index is 3.03. The molecular weight excluding hydrogens is 298 g/mol. The summed E-state index contributed by atoms with van der Waals surface area (Å²) in [5.41, 5.74) is 0.674. The van der Waals surface area contributed by atoms with Gasteiger partial charge in [-0.1, -0.05) is 13.8 Å². The van der Waals surface area contributed by atoms with E-state index in [4.69, 9.17) is 16.3 Å². The molecule has 0 aliphatic heterocycles. The van der Waals surface area contributed by atoms with Crippen molar-refractivity contribution in [3.05, 3.63) is 23.8 Å².